The van der Waals surface area contributed by atoms with Gasteiger partial charge < -0.3 is 4.74 Å². The summed E-state index contributed by atoms with van der Waals surface area (Å²) in [5, 5.41) is 9.91. The summed E-state index contributed by atoms with van der Waals surface area (Å²) >= 11 is 5.36. The summed E-state index contributed by atoms with van der Waals surface area (Å²) < 4.78 is 5.60. The lowest BCUT2D eigenvalue weighted by Crippen LogP contribution is -1.99. The number of rotatable bonds is 4. The minimum absolute atomic E-state index is 0.192. The van der Waals surface area contributed by atoms with Crippen LogP contribution in [0.15, 0.2) is 42.5 Å². The molecule has 0 aliphatic rings. The van der Waals surface area contributed by atoms with Gasteiger partial charge in [-0.05, 0) is 42.3 Å². The van der Waals surface area contributed by atoms with Crippen molar-refractivity contribution in [1.82, 2.24) is 0 Å². The molecule has 0 bridgehead atoms. The molecule has 0 radical (unpaired) electrons. The Hall–Kier alpha value is -2.40. The Bertz CT molecular complexity index is 685. The van der Waals surface area contributed by atoms with Crippen LogP contribution in [0.25, 0.3) is 0 Å². The van der Waals surface area contributed by atoms with Crippen molar-refractivity contribution in [3.05, 3.63) is 63.7 Å². The minimum atomic E-state index is -0.896. The second-order valence-electron chi connectivity index (χ2n) is 4.08. The number of para-hydroxylation sites is 1. The summed E-state index contributed by atoms with van der Waals surface area (Å²) in [5.74, 6) is 0.920. The second-order valence-corrected chi connectivity index (χ2v) is 4.42. The third kappa shape index (κ3) is 2.95. The number of nitro groups is 1. The summed E-state index contributed by atoms with van der Waals surface area (Å²) in [6, 6.07) is 11.2. The Morgan fingerprint density at radius 1 is 1.25 bits per heavy atom. The van der Waals surface area contributed by atoms with E-state index in [9.17, 15) is 14.9 Å². The van der Waals surface area contributed by atoms with Gasteiger partial charge in [0.05, 0.1) is 4.92 Å². The zero-order valence-electron chi connectivity index (χ0n) is 10.5. The molecule has 0 aliphatic carbocycles. The summed E-state index contributed by atoms with van der Waals surface area (Å²) in [6.45, 7) is 1.87. The molecule has 0 saturated heterocycles. The zero-order valence-corrected chi connectivity index (χ0v) is 11.3. The van der Waals surface area contributed by atoms with Crippen molar-refractivity contribution in [3.8, 4) is 11.5 Å². The summed E-state index contributed by atoms with van der Waals surface area (Å²) in [7, 11) is 0. The summed E-state index contributed by atoms with van der Waals surface area (Å²) in [5.41, 5.74) is 0.370. The molecule has 0 aromatic heterocycles. The molecule has 2 aromatic rings. The Balaban J connectivity index is 2.40. The van der Waals surface area contributed by atoms with Crippen LogP contribution in [0.5, 0.6) is 11.5 Å². The first-order valence-electron chi connectivity index (χ1n) is 5.71. The van der Waals surface area contributed by atoms with Crippen molar-refractivity contribution < 1.29 is 14.5 Å². The predicted molar refractivity (Wildman–Crippen MR) is 74.5 cm³/mol. The fourth-order valence-electron chi connectivity index (χ4n) is 1.69. The molecular formula is C14H10ClNO4. The Labute approximate surface area is 119 Å². The maximum Gasteiger partial charge on any atom is 0.281 e. The maximum absolute atomic E-state index is 11.2. The van der Waals surface area contributed by atoms with E-state index in [1.165, 1.54) is 18.2 Å². The normalized spacial score (nSPS) is 10.1. The first-order valence-corrected chi connectivity index (χ1v) is 6.08. The van der Waals surface area contributed by atoms with Crippen LogP contribution in [-0.2, 0) is 0 Å². The van der Waals surface area contributed by atoms with Crippen molar-refractivity contribution in [2.75, 3.05) is 0 Å². The van der Waals surface area contributed by atoms with E-state index in [2.05, 4.69) is 0 Å². The fraction of sp³-hybridized carbons (Fsp3) is 0.0714. The highest BCUT2D eigenvalue weighted by atomic mass is 35.5. The number of carbonyl (C=O) groups is 1. The quantitative estimate of drug-likeness (QED) is 0.483. The van der Waals surface area contributed by atoms with Crippen LogP contribution in [0.3, 0.4) is 0 Å². The van der Waals surface area contributed by atoms with Crippen molar-refractivity contribution in [2.24, 2.45) is 0 Å². The van der Waals surface area contributed by atoms with E-state index in [-0.39, 0.29) is 11.3 Å². The third-order valence-corrected chi connectivity index (χ3v) is 2.90. The highest BCUT2D eigenvalue weighted by molar-refractivity contribution is 6.68. The van der Waals surface area contributed by atoms with E-state index in [0.29, 0.717) is 11.5 Å². The van der Waals surface area contributed by atoms with Crippen LogP contribution in [0, 0.1) is 17.0 Å². The zero-order chi connectivity index (χ0) is 14.7. The Kier molecular flexibility index (Phi) is 4.00. The van der Waals surface area contributed by atoms with E-state index in [4.69, 9.17) is 16.3 Å². The van der Waals surface area contributed by atoms with Crippen molar-refractivity contribution in [2.45, 2.75) is 6.92 Å². The molecule has 0 aliphatic heterocycles. The van der Waals surface area contributed by atoms with Gasteiger partial charge in [-0.15, -0.1) is 0 Å². The van der Waals surface area contributed by atoms with E-state index >= 15 is 0 Å². The molecule has 0 heterocycles. The van der Waals surface area contributed by atoms with Gasteiger partial charge >= 0.3 is 0 Å². The lowest BCUT2D eigenvalue weighted by Gasteiger charge is -2.09. The largest absolute Gasteiger partial charge is 0.457 e. The molecule has 102 valence electrons. The van der Waals surface area contributed by atoms with Gasteiger partial charge in [0.25, 0.3) is 10.9 Å². The van der Waals surface area contributed by atoms with Gasteiger partial charge in [0, 0.05) is 6.07 Å². The highest BCUT2D eigenvalue weighted by Gasteiger charge is 2.19. The molecule has 0 atom stereocenters. The first-order chi connectivity index (χ1) is 9.49. The molecule has 5 nitrogen and oxygen atoms in total. The molecule has 2 aromatic carbocycles. The molecule has 0 spiro atoms. The number of hydrogen-bond donors (Lipinski definition) is 0. The van der Waals surface area contributed by atoms with Crippen LogP contribution in [0.2, 0.25) is 0 Å². The smallest absolute Gasteiger partial charge is 0.281 e. The highest BCUT2D eigenvalue weighted by Crippen LogP contribution is 2.30. The molecular weight excluding hydrogens is 282 g/mol. The van der Waals surface area contributed by atoms with Crippen LogP contribution in [0.4, 0.5) is 5.69 Å². The van der Waals surface area contributed by atoms with Gasteiger partial charge in [0.1, 0.15) is 17.1 Å². The van der Waals surface area contributed by atoms with Gasteiger partial charge in [0.15, 0.2) is 0 Å². The second kappa shape index (κ2) is 5.71. The van der Waals surface area contributed by atoms with Crippen LogP contribution >= 0.6 is 11.6 Å². The van der Waals surface area contributed by atoms with Crippen molar-refractivity contribution in [1.29, 1.82) is 0 Å². The number of aryl methyl sites for hydroxylation is 1. The number of nitrogens with zero attached hydrogens (tertiary/aromatic N) is 1. The minimum Gasteiger partial charge on any atom is -0.457 e. The summed E-state index contributed by atoms with van der Waals surface area (Å²) in [6.07, 6.45) is 0. The van der Waals surface area contributed by atoms with Gasteiger partial charge in [-0.25, -0.2) is 0 Å². The lowest BCUT2D eigenvalue weighted by atomic mass is 10.2. The van der Waals surface area contributed by atoms with Gasteiger partial charge in [-0.1, -0.05) is 18.2 Å². The van der Waals surface area contributed by atoms with Crippen molar-refractivity contribution in [3.63, 3.8) is 0 Å². The lowest BCUT2D eigenvalue weighted by molar-refractivity contribution is -0.385. The van der Waals surface area contributed by atoms with Gasteiger partial charge in [-0.3, -0.25) is 14.9 Å². The Morgan fingerprint density at radius 3 is 2.55 bits per heavy atom. The maximum atomic E-state index is 11.2. The number of halogens is 1. The average Bonchev–Trinajstić information content (AvgIpc) is 2.41. The van der Waals surface area contributed by atoms with Crippen LogP contribution < -0.4 is 4.74 Å². The van der Waals surface area contributed by atoms with E-state index < -0.39 is 10.2 Å². The molecule has 0 fully saturated rings. The molecule has 2 rings (SSSR count). The SMILES string of the molecule is Cc1ccccc1Oc1ccc([N+](=O)[O-])c(C(=O)Cl)c1. The number of hydrogen-bond acceptors (Lipinski definition) is 4. The number of nitro benzene ring substituents is 1. The number of benzene rings is 2. The monoisotopic (exact) mass is 291 g/mol. The Morgan fingerprint density at radius 2 is 1.95 bits per heavy atom. The van der Waals surface area contributed by atoms with Gasteiger partial charge in [0.2, 0.25) is 0 Å². The fourth-order valence-corrected chi connectivity index (χ4v) is 1.84. The molecule has 6 heteroatoms. The van der Waals surface area contributed by atoms with E-state index in [0.717, 1.165) is 5.56 Å². The molecule has 0 N–H and O–H groups in total. The topological polar surface area (TPSA) is 69.4 Å². The van der Waals surface area contributed by atoms with Crippen molar-refractivity contribution >= 4 is 22.5 Å². The molecule has 20 heavy (non-hydrogen) atoms. The molecule has 0 saturated carbocycles. The predicted octanol–water partition coefficient (Wildman–Crippen LogP) is 4.07. The average molecular weight is 292 g/mol. The van der Waals surface area contributed by atoms with Gasteiger partial charge in [-0.2, -0.15) is 0 Å². The number of carbonyl (C=O) groups excluding carboxylic acids is 1. The number of ether oxygens (including phenoxy) is 1. The van der Waals surface area contributed by atoms with E-state index in [1.807, 2.05) is 19.1 Å². The molecule has 0 amide bonds. The first kappa shape index (κ1) is 14.0. The summed E-state index contributed by atoms with van der Waals surface area (Å²) in [4.78, 5) is 21.4. The molecule has 0 unspecified atom stereocenters. The van der Waals surface area contributed by atoms with Crippen LogP contribution in [0.1, 0.15) is 15.9 Å². The third-order valence-electron chi connectivity index (χ3n) is 2.70. The standard InChI is InChI=1S/C14H10ClNO4/c1-9-4-2-3-5-13(9)20-10-6-7-12(16(18)19)11(8-10)14(15)17/h2-8H,1H3. The van der Waals surface area contributed by atoms with Crippen LogP contribution in [-0.4, -0.2) is 10.2 Å². The van der Waals surface area contributed by atoms with E-state index in [1.54, 1.807) is 12.1 Å².